The molecule has 0 aliphatic heterocycles. The van der Waals surface area contributed by atoms with Crippen molar-refractivity contribution in [1.29, 1.82) is 0 Å². The molecule has 1 aliphatic carbocycles. The van der Waals surface area contributed by atoms with Gasteiger partial charge in [0.1, 0.15) is 33.1 Å². The molecule has 200 valence electrons. The lowest BCUT2D eigenvalue weighted by Gasteiger charge is -2.24. The van der Waals surface area contributed by atoms with Crippen molar-refractivity contribution in [3.8, 4) is 16.9 Å². The maximum atomic E-state index is 5.28. The number of para-hydroxylation sites is 1. The molecule has 4 aromatic heterocycles. The minimum absolute atomic E-state index is 0.126. The van der Waals surface area contributed by atoms with Crippen LogP contribution in [0.5, 0.6) is 0 Å². The van der Waals surface area contributed by atoms with Crippen LogP contribution in [0.3, 0.4) is 0 Å². The van der Waals surface area contributed by atoms with Gasteiger partial charge in [-0.15, -0.1) is 0 Å². The van der Waals surface area contributed by atoms with E-state index in [1.165, 1.54) is 44.2 Å². The van der Waals surface area contributed by atoms with Crippen molar-refractivity contribution < 1.29 is 0 Å². The summed E-state index contributed by atoms with van der Waals surface area (Å²) in [5.74, 6) is 0.739. The number of aromatic nitrogens is 7. The molecule has 0 radical (unpaired) electrons. The highest BCUT2D eigenvalue weighted by Gasteiger charge is 2.38. The summed E-state index contributed by atoms with van der Waals surface area (Å²) >= 11 is 0. The normalized spacial score (nSPS) is 13.9. The predicted octanol–water partition coefficient (Wildman–Crippen LogP) is 7.54. The maximum Gasteiger partial charge on any atom is 0.157 e. The first kappa shape index (κ1) is 23.4. The zero-order valence-corrected chi connectivity index (χ0v) is 23.6. The largest absolute Gasteiger partial charge is 0.292 e. The fourth-order valence-corrected chi connectivity index (χ4v) is 7.43. The van der Waals surface area contributed by atoms with E-state index in [1.807, 2.05) is 6.20 Å². The van der Waals surface area contributed by atoms with Crippen LogP contribution < -0.4 is 0 Å². The quantitative estimate of drug-likeness (QED) is 0.199. The Morgan fingerprint density at radius 3 is 1.98 bits per heavy atom. The lowest BCUT2D eigenvalue weighted by Crippen LogP contribution is -2.17. The van der Waals surface area contributed by atoms with E-state index in [4.69, 9.17) is 9.97 Å². The number of hydrogen-bond acceptors (Lipinski definition) is 6. The van der Waals surface area contributed by atoms with Gasteiger partial charge in [-0.1, -0.05) is 56.3 Å². The van der Waals surface area contributed by atoms with Crippen LogP contribution in [0.4, 0.5) is 0 Å². The Hall–Kier alpha value is -5.30. The van der Waals surface area contributed by atoms with Gasteiger partial charge in [-0.3, -0.25) is 24.5 Å². The smallest absolute Gasteiger partial charge is 0.157 e. The van der Waals surface area contributed by atoms with Gasteiger partial charge < -0.3 is 0 Å². The van der Waals surface area contributed by atoms with Crippen molar-refractivity contribution in [1.82, 2.24) is 34.5 Å². The average Bonchev–Trinajstić information content (AvgIpc) is 3.48. The van der Waals surface area contributed by atoms with Crippen molar-refractivity contribution in [2.75, 3.05) is 0 Å². The fraction of sp³-hybridized carbons (Fsp3) is 0.143. The van der Waals surface area contributed by atoms with E-state index in [-0.39, 0.29) is 5.41 Å². The van der Waals surface area contributed by atoms with Crippen LogP contribution in [0.15, 0.2) is 79.5 Å². The molecule has 9 rings (SSSR count). The highest BCUT2D eigenvalue weighted by Crippen LogP contribution is 2.53. The zero-order valence-electron chi connectivity index (χ0n) is 23.6. The van der Waals surface area contributed by atoms with Gasteiger partial charge in [0.15, 0.2) is 5.82 Å². The van der Waals surface area contributed by atoms with Gasteiger partial charge in [0.05, 0.1) is 17.2 Å². The van der Waals surface area contributed by atoms with E-state index in [2.05, 4.69) is 101 Å². The van der Waals surface area contributed by atoms with Crippen LogP contribution in [0.25, 0.3) is 71.9 Å². The van der Waals surface area contributed by atoms with Crippen molar-refractivity contribution in [3.05, 3.63) is 102 Å². The average molecular weight is 544 g/mol. The topological polar surface area (TPSA) is 82.3 Å². The van der Waals surface area contributed by atoms with Crippen molar-refractivity contribution >= 4 is 54.9 Å². The summed E-state index contributed by atoms with van der Waals surface area (Å²) in [6, 6.07) is 17.7. The van der Waals surface area contributed by atoms with Crippen LogP contribution in [-0.2, 0) is 5.41 Å². The first-order valence-electron chi connectivity index (χ1n) is 14.1. The SMILES string of the molecule is Cc1cccc2c3cc4c(c(C)c3n(-c3cnc5c6nccnc6c6nccnc6c5n3)c12)C(C)(C)c1ccccc1-4. The molecule has 0 N–H and O–H groups in total. The molecule has 1 aliphatic rings. The molecule has 4 heterocycles. The summed E-state index contributed by atoms with van der Waals surface area (Å²) in [6.07, 6.45) is 8.58. The van der Waals surface area contributed by atoms with Gasteiger partial charge in [0, 0.05) is 41.0 Å². The summed E-state index contributed by atoms with van der Waals surface area (Å²) in [4.78, 5) is 28.7. The Bertz CT molecular complexity index is 2440. The van der Waals surface area contributed by atoms with Gasteiger partial charge in [0.25, 0.3) is 0 Å². The summed E-state index contributed by atoms with van der Waals surface area (Å²) in [5.41, 5.74) is 14.0. The summed E-state index contributed by atoms with van der Waals surface area (Å²) in [5, 5.41) is 2.42. The van der Waals surface area contributed by atoms with Crippen molar-refractivity contribution in [2.45, 2.75) is 33.1 Å². The molecule has 0 bridgehead atoms. The van der Waals surface area contributed by atoms with Gasteiger partial charge >= 0.3 is 0 Å². The highest BCUT2D eigenvalue weighted by atomic mass is 15.1. The Labute approximate surface area is 241 Å². The number of aryl methyl sites for hydroxylation is 2. The zero-order chi connectivity index (χ0) is 28.3. The first-order chi connectivity index (χ1) is 20.4. The van der Waals surface area contributed by atoms with E-state index >= 15 is 0 Å². The standard InChI is InChI=1S/C35H25N7/c1-18-8-7-10-21-23-16-22-20-9-5-6-11-24(20)35(3,4)26(22)19(2)34(23)42(33(18)21)25-17-40-31-29-27(36-12-13-38-29)28-30(32(31)41-25)39-15-14-37-28/h5-17H,1-4H3. The molecule has 7 nitrogen and oxygen atoms in total. The summed E-state index contributed by atoms with van der Waals surface area (Å²) in [7, 11) is 0. The number of rotatable bonds is 1. The minimum Gasteiger partial charge on any atom is -0.292 e. The van der Waals surface area contributed by atoms with Crippen LogP contribution in [0.2, 0.25) is 0 Å². The van der Waals surface area contributed by atoms with E-state index in [0.717, 1.165) is 16.9 Å². The number of nitrogens with zero attached hydrogens (tertiary/aromatic N) is 7. The molecule has 0 amide bonds. The lowest BCUT2D eigenvalue weighted by atomic mass is 9.80. The Morgan fingerprint density at radius 1 is 0.619 bits per heavy atom. The number of benzene rings is 4. The Morgan fingerprint density at radius 2 is 1.26 bits per heavy atom. The van der Waals surface area contributed by atoms with Crippen molar-refractivity contribution in [3.63, 3.8) is 0 Å². The molecule has 0 atom stereocenters. The third kappa shape index (κ3) is 2.80. The molecule has 0 saturated carbocycles. The fourth-order valence-electron chi connectivity index (χ4n) is 7.43. The second kappa shape index (κ2) is 7.91. The van der Waals surface area contributed by atoms with E-state index in [9.17, 15) is 0 Å². The molecular weight excluding hydrogens is 518 g/mol. The third-order valence-corrected chi connectivity index (χ3v) is 9.09. The summed E-state index contributed by atoms with van der Waals surface area (Å²) in [6.45, 7) is 9.10. The van der Waals surface area contributed by atoms with E-state index in [0.29, 0.717) is 33.1 Å². The second-order valence-corrected chi connectivity index (χ2v) is 11.7. The summed E-state index contributed by atoms with van der Waals surface area (Å²) < 4.78 is 2.30. The molecule has 0 unspecified atom stereocenters. The van der Waals surface area contributed by atoms with Crippen molar-refractivity contribution in [2.24, 2.45) is 0 Å². The monoisotopic (exact) mass is 543 g/mol. The van der Waals surface area contributed by atoms with Gasteiger partial charge in [-0.25, -0.2) is 9.97 Å². The molecule has 7 heteroatoms. The Kier molecular flexibility index (Phi) is 4.41. The van der Waals surface area contributed by atoms with E-state index in [1.54, 1.807) is 24.8 Å². The second-order valence-electron chi connectivity index (χ2n) is 11.7. The van der Waals surface area contributed by atoms with E-state index < -0.39 is 0 Å². The number of fused-ring (bicyclic) bond motifs is 12. The van der Waals surface area contributed by atoms with Gasteiger partial charge in [-0.05, 0) is 53.3 Å². The molecular formula is C35H25N7. The molecule has 0 saturated heterocycles. The molecule has 0 fully saturated rings. The van der Waals surface area contributed by atoms with Crippen LogP contribution in [-0.4, -0.2) is 34.5 Å². The molecule has 8 aromatic rings. The third-order valence-electron chi connectivity index (χ3n) is 9.09. The molecule has 4 aromatic carbocycles. The van der Waals surface area contributed by atoms with Gasteiger partial charge in [0.2, 0.25) is 0 Å². The number of hydrogen-bond donors (Lipinski definition) is 0. The highest BCUT2D eigenvalue weighted by molar-refractivity contribution is 6.18. The Balaban J connectivity index is 1.45. The molecule has 42 heavy (non-hydrogen) atoms. The predicted molar refractivity (Wildman–Crippen MR) is 167 cm³/mol. The minimum atomic E-state index is -0.126. The van der Waals surface area contributed by atoms with Crippen LogP contribution >= 0.6 is 0 Å². The maximum absolute atomic E-state index is 5.28. The molecule has 0 spiro atoms. The first-order valence-corrected chi connectivity index (χ1v) is 14.1. The van der Waals surface area contributed by atoms with Gasteiger partial charge in [-0.2, -0.15) is 0 Å². The lowest BCUT2D eigenvalue weighted by molar-refractivity contribution is 0.656. The van der Waals surface area contributed by atoms with Crippen LogP contribution in [0, 0.1) is 13.8 Å². The van der Waals surface area contributed by atoms with Crippen LogP contribution in [0.1, 0.15) is 36.1 Å².